The van der Waals surface area contributed by atoms with Crippen LogP contribution >= 0.6 is 0 Å². The lowest BCUT2D eigenvalue weighted by Gasteiger charge is -1.98. The molecular formula is C9H8N4O2. The Bertz CT molecular complexity index is 506. The molecule has 2 aromatic heterocycles. The number of aromatic nitrogens is 4. The number of hydrogen-bond acceptors (Lipinski definition) is 4. The van der Waals surface area contributed by atoms with E-state index in [0.717, 1.165) is 5.56 Å². The van der Waals surface area contributed by atoms with Crippen LogP contribution in [0.15, 0.2) is 24.5 Å². The molecule has 0 saturated carbocycles. The Morgan fingerprint density at radius 3 is 2.93 bits per heavy atom. The molecule has 0 aliphatic rings. The summed E-state index contributed by atoms with van der Waals surface area (Å²) in [4.78, 5) is 10.6. The van der Waals surface area contributed by atoms with Crippen molar-refractivity contribution >= 4 is 5.97 Å². The normalized spacial score (nSPS) is 10.2. The summed E-state index contributed by atoms with van der Waals surface area (Å²) in [7, 11) is 0. The molecule has 2 heterocycles. The van der Waals surface area contributed by atoms with E-state index >= 15 is 0 Å². The zero-order valence-corrected chi connectivity index (χ0v) is 7.95. The van der Waals surface area contributed by atoms with Gasteiger partial charge in [-0.2, -0.15) is 10.2 Å². The smallest absolute Gasteiger partial charge is 0.356 e. The third-order valence-electron chi connectivity index (χ3n) is 1.82. The predicted octanol–water partition coefficient (Wildman–Crippen LogP) is 0.669. The fourth-order valence-electron chi connectivity index (χ4n) is 1.13. The van der Waals surface area contributed by atoms with Gasteiger partial charge in [-0.15, -0.1) is 5.10 Å². The van der Waals surface area contributed by atoms with Crippen molar-refractivity contribution in [2.24, 2.45) is 0 Å². The van der Waals surface area contributed by atoms with Gasteiger partial charge < -0.3 is 5.11 Å². The maximum absolute atomic E-state index is 10.6. The molecule has 15 heavy (non-hydrogen) atoms. The third kappa shape index (κ3) is 1.83. The van der Waals surface area contributed by atoms with Crippen LogP contribution in [0.5, 0.6) is 0 Å². The van der Waals surface area contributed by atoms with E-state index in [9.17, 15) is 4.79 Å². The summed E-state index contributed by atoms with van der Waals surface area (Å²) in [5, 5.41) is 20.1. The van der Waals surface area contributed by atoms with Crippen LogP contribution in [0.4, 0.5) is 0 Å². The summed E-state index contributed by atoms with van der Waals surface area (Å²) >= 11 is 0. The molecule has 0 spiro atoms. The number of carbonyl (C=O) groups is 1. The van der Waals surface area contributed by atoms with E-state index in [1.54, 1.807) is 12.3 Å². The minimum absolute atomic E-state index is 0.0155. The standard InChI is InChI=1S/C9H8N4O2/c1-6-4-8(11-10-5-6)13-3-2-7(12-13)9(14)15/h2-5H,1H3,(H,14,15). The van der Waals surface area contributed by atoms with E-state index in [0.29, 0.717) is 5.82 Å². The Labute approximate surface area is 85.2 Å². The summed E-state index contributed by atoms with van der Waals surface area (Å²) in [5.74, 6) is -0.558. The largest absolute Gasteiger partial charge is 0.476 e. The minimum Gasteiger partial charge on any atom is -0.476 e. The molecule has 0 saturated heterocycles. The molecule has 2 rings (SSSR count). The number of carboxylic acid groups (broad SMARTS) is 1. The minimum atomic E-state index is -1.06. The van der Waals surface area contributed by atoms with E-state index in [4.69, 9.17) is 5.11 Å². The average Bonchev–Trinajstić information content (AvgIpc) is 2.66. The van der Waals surface area contributed by atoms with E-state index in [-0.39, 0.29) is 5.69 Å². The molecule has 0 aliphatic carbocycles. The summed E-state index contributed by atoms with van der Waals surface area (Å²) in [6, 6.07) is 3.18. The van der Waals surface area contributed by atoms with Crippen LogP contribution in [-0.4, -0.2) is 31.1 Å². The Hall–Kier alpha value is -2.24. The first-order valence-corrected chi connectivity index (χ1v) is 4.25. The topological polar surface area (TPSA) is 80.9 Å². The molecule has 0 fully saturated rings. The first-order chi connectivity index (χ1) is 7.16. The van der Waals surface area contributed by atoms with E-state index in [1.807, 2.05) is 6.92 Å². The molecule has 0 radical (unpaired) electrons. The first kappa shape index (κ1) is 9.32. The number of aryl methyl sites for hydroxylation is 1. The van der Waals surface area contributed by atoms with Crippen LogP contribution in [0.2, 0.25) is 0 Å². The summed E-state index contributed by atoms with van der Waals surface area (Å²) in [6.45, 7) is 1.87. The van der Waals surface area contributed by atoms with Crippen LogP contribution in [0.25, 0.3) is 5.82 Å². The molecule has 6 nitrogen and oxygen atoms in total. The quantitative estimate of drug-likeness (QED) is 0.777. The lowest BCUT2D eigenvalue weighted by molar-refractivity contribution is 0.0690. The van der Waals surface area contributed by atoms with Gasteiger partial charge in [0, 0.05) is 6.20 Å². The van der Waals surface area contributed by atoms with Crippen molar-refractivity contribution in [3.05, 3.63) is 35.8 Å². The van der Waals surface area contributed by atoms with Crippen molar-refractivity contribution in [2.45, 2.75) is 6.92 Å². The van der Waals surface area contributed by atoms with E-state index in [2.05, 4.69) is 15.3 Å². The van der Waals surface area contributed by atoms with Gasteiger partial charge in [-0.05, 0) is 24.6 Å². The summed E-state index contributed by atoms with van der Waals surface area (Å²) in [5.41, 5.74) is 0.922. The Kier molecular flexibility index (Phi) is 2.17. The van der Waals surface area contributed by atoms with E-state index < -0.39 is 5.97 Å². The van der Waals surface area contributed by atoms with Crippen molar-refractivity contribution < 1.29 is 9.90 Å². The van der Waals surface area contributed by atoms with E-state index in [1.165, 1.54) is 16.9 Å². The highest BCUT2D eigenvalue weighted by Crippen LogP contribution is 2.05. The van der Waals surface area contributed by atoms with Crippen molar-refractivity contribution in [1.29, 1.82) is 0 Å². The zero-order chi connectivity index (χ0) is 10.8. The zero-order valence-electron chi connectivity index (χ0n) is 7.95. The number of nitrogens with zero attached hydrogens (tertiary/aromatic N) is 4. The SMILES string of the molecule is Cc1cnnc(-n2ccc(C(=O)O)n2)c1. The second kappa shape index (κ2) is 3.49. The van der Waals surface area contributed by atoms with Crippen molar-refractivity contribution in [1.82, 2.24) is 20.0 Å². The number of rotatable bonds is 2. The second-order valence-electron chi connectivity index (χ2n) is 3.04. The van der Waals surface area contributed by atoms with Gasteiger partial charge in [0.05, 0.1) is 6.20 Å². The summed E-state index contributed by atoms with van der Waals surface area (Å²) < 4.78 is 1.38. The monoisotopic (exact) mass is 204 g/mol. The highest BCUT2D eigenvalue weighted by molar-refractivity contribution is 5.85. The molecule has 1 N–H and O–H groups in total. The lowest BCUT2D eigenvalue weighted by atomic mass is 10.3. The molecule has 6 heteroatoms. The first-order valence-electron chi connectivity index (χ1n) is 4.25. The van der Waals surface area contributed by atoms with Crippen LogP contribution in [-0.2, 0) is 0 Å². The maximum Gasteiger partial charge on any atom is 0.356 e. The van der Waals surface area contributed by atoms with Gasteiger partial charge in [-0.25, -0.2) is 9.48 Å². The van der Waals surface area contributed by atoms with Gasteiger partial charge in [0.25, 0.3) is 0 Å². The molecule has 0 amide bonds. The molecule has 0 atom stereocenters. The highest BCUT2D eigenvalue weighted by Gasteiger charge is 2.08. The lowest BCUT2D eigenvalue weighted by Crippen LogP contribution is -2.03. The van der Waals surface area contributed by atoms with Crippen LogP contribution in [0, 0.1) is 6.92 Å². The molecule has 0 aromatic carbocycles. The van der Waals surface area contributed by atoms with Gasteiger partial charge in [-0.3, -0.25) is 0 Å². The van der Waals surface area contributed by atoms with Gasteiger partial charge >= 0.3 is 5.97 Å². The van der Waals surface area contributed by atoms with Crippen molar-refractivity contribution in [3.8, 4) is 5.82 Å². The number of aromatic carboxylic acids is 1. The molecule has 0 bridgehead atoms. The van der Waals surface area contributed by atoms with Crippen LogP contribution < -0.4 is 0 Å². The highest BCUT2D eigenvalue weighted by atomic mass is 16.4. The third-order valence-corrected chi connectivity index (χ3v) is 1.82. The van der Waals surface area contributed by atoms with Gasteiger partial charge in [-0.1, -0.05) is 0 Å². The second-order valence-corrected chi connectivity index (χ2v) is 3.04. The van der Waals surface area contributed by atoms with Crippen LogP contribution in [0.3, 0.4) is 0 Å². The van der Waals surface area contributed by atoms with Gasteiger partial charge in [0.2, 0.25) is 0 Å². The van der Waals surface area contributed by atoms with Crippen molar-refractivity contribution in [2.75, 3.05) is 0 Å². The Morgan fingerprint density at radius 1 is 1.53 bits per heavy atom. The van der Waals surface area contributed by atoms with Crippen LogP contribution in [0.1, 0.15) is 16.1 Å². The predicted molar refractivity (Wildman–Crippen MR) is 50.9 cm³/mol. The maximum atomic E-state index is 10.6. The number of hydrogen-bond donors (Lipinski definition) is 1. The van der Waals surface area contributed by atoms with Crippen molar-refractivity contribution in [3.63, 3.8) is 0 Å². The molecule has 76 valence electrons. The Morgan fingerprint density at radius 2 is 2.33 bits per heavy atom. The molecule has 0 unspecified atom stereocenters. The molecule has 0 aliphatic heterocycles. The number of carboxylic acids is 1. The van der Waals surface area contributed by atoms with Gasteiger partial charge in [0.1, 0.15) is 0 Å². The summed E-state index contributed by atoms with van der Waals surface area (Å²) in [6.07, 6.45) is 3.15. The molecular weight excluding hydrogens is 196 g/mol. The average molecular weight is 204 g/mol. The molecule has 2 aromatic rings. The van der Waals surface area contributed by atoms with Gasteiger partial charge in [0.15, 0.2) is 11.5 Å². The fraction of sp³-hybridized carbons (Fsp3) is 0.111. The fourth-order valence-corrected chi connectivity index (χ4v) is 1.13. The Balaban J connectivity index is 2.41.